The van der Waals surface area contributed by atoms with Gasteiger partial charge in [-0.15, -0.1) is 0 Å². The van der Waals surface area contributed by atoms with Crippen LogP contribution in [-0.4, -0.2) is 17.0 Å². The molecule has 0 atom stereocenters. The molecular formula is C15H11ClFNO3. The third kappa shape index (κ3) is 3.79. The fourth-order valence-corrected chi connectivity index (χ4v) is 1.97. The largest absolute Gasteiger partial charge is 0.481 e. The predicted molar refractivity (Wildman–Crippen MR) is 77.1 cm³/mol. The summed E-state index contributed by atoms with van der Waals surface area (Å²) in [5, 5.41) is 11.0. The number of hydrogen-bond donors (Lipinski definition) is 2. The maximum Gasteiger partial charge on any atom is 0.307 e. The van der Waals surface area contributed by atoms with Crippen molar-refractivity contribution in [2.45, 2.75) is 6.42 Å². The fraction of sp³-hybridized carbons (Fsp3) is 0.0667. The number of hydrogen-bond acceptors (Lipinski definition) is 2. The van der Waals surface area contributed by atoms with Crippen LogP contribution in [0.1, 0.15) is 15.9 Å². The minimum atomic E-state index is -0.932. The second-order valence-corrected chi connectivity index (χ2v) is 4.70. The van der Waals surface area contributed by atoms with Crippen LogP contribution in [0.25, 0.3) is 0 Å². The Bertz CT molecular complexity index is 686. The van der Waals surface area contributed by atoms with E-state index in [4.69, 9.17) is 16.7 Å². The zero-order chi connectivity index (χ0) is 15.4. The maximum atomic E-state index is 13.3. The Hall–Kier alpha value is -2.40. The Labute approximate surface area is 125 Å². The molecule has 0 fully saturated rings. The molecular weight excluding hydrogens is 297 g/mol. The summed E-state index contributed by atoms with van der Waals surface area (Å²) in [6, 6.07) is 10.3. The van der Waals surface area contributed by atoms with E-state index in [1.807, 2.05) is 0 Å². The second kappa shape index (κ2) is 6.37. The molecule has 108 valence electrons. The summed E-state index contributed by atoms with van der Waals surface area (Å²) < 4.78 is 13.3. The first-order chi connectivity index (χ1) is 9.97. The molecule has 0 saturated heterocycles. The molecule has 0 radical (unpaired) electrons. The standard InChI is InChI=1S/C15H11ClFNO3/c16-14-11(2-1-3-12(14)17)15(21)18-10-6-4-9(5-7-10)8-13(19)20/h1-7H,8H2,(H,18,21)(H,19,20). The summed E-state index contributed by atoms with van der Waals surface area (Å²) >= 11 is 5.74. The van der Waals surface area contributed by atoms with Gasteiger partial charge in [-0.05, 0) is 29.8 Å². The topological polar surface area (TPSA) is 66.4 Å². The van der Waals surface area contributed by atoms with E-state index in [-0.39, 0.29) is 17.0 Å². The van der Waals surface area contributed by atoms with Crippen LogP contribution in [-0.2, 0) is 11.2 Å². The number of carbonyl (C=O) groups is 2. The Kier molecular flexibility index (Phi) is 4.55. The molecule has 0 aromatic heterocycles. The van der Waals surface area contributed by atoms with Gasteiger partial charge >= 0.3 is 5.97 Å². The highest BCUT2D eigenvalue weighted by molar-refractivity contribution is 6.34. The smallest absolute Gasteiger partial charge is 0.307 e. The molecule has 2 aromatic carbocycles. The van der Waals surface area contributed by atoms with Gasteiger partial charge in [0.1, 0.15) is 5.82 Å². The maximum absolute atomic E-state index is 13.3. The molecule has 0 spiro atoms. The van der Waals surface area contributed by atoms with Gasteiger partial charge in [0.2, 0.25) is 0 Å². The van der Waals surface area contributed by atoms with Gasteiger partial charge in [0.05, 0.1) is 17.0 Å². The lowest BCUT2D eigenvalue weighted by atomic mass is 10.1. The monoisotopic (exact) mass is 307 g/mol. The van der Waals surface area contributed by atoms with Crippen molar-refractivity contribution in [2.75, 3.05) is 5.32 Å². The van der Waals surface area contributed by atoms with Gasteiger partial charge in [-0.1, -0.05) is 29.8 Å². The van der Waals surface area contributed by atoms with Gasteiger partial charge in [-0.2, -0.15) is 0 Å². The first-order valence-electron chi connectivity index (χ1n) is 6.03. The van der Waals surface area contributed by atoms with Crippen molar-refractivity contribution in [1.29, 1.82) is 0 Å². The normalized spacial score (nSPS) is 10.2. The van der Waals surface area contributed by atoms with E-state index >= 15 is 0 Å². The highest BCUT2D eigenvalue weighted by Gasteiger charge is 2.13. The molecule has 0 aliphatic heterocycles. The number of nitrogens with one attached hydrogen (secondary N) is 1. The number of aliphatic carboxylic acids is 1. The number of halogens is 2. The molecule has 0 bridgehead atoms. The van der Waals surface area contributed by atoms with Gasteiger partial charge in [0.25, 0.3) is 5.91 Å². The Morgan fingerprint density at radius 3 is 2.43 bits per heavy atom. The van der Waals surface area contributed by atoms with Gasteiger partial charge < -0.3 is 10.4 Å². The van der Waals surface area contributed by atoms with E-state index in [0.717, 1.165) is 0 Å². The highest BCUT2D eigenvalue weighted by Crippen LogP contribution is 2.21. The average Bonchev–Trinajstić information content (AvgIpc) is 2.43. The van der Waals surface area contributed by atoms with Crippen LogP contribution in [0.3, 0.4) is 0 Å². The van der Waals surface area contributed by atoms with E-state index in [9.17, 15) is 14.0 Å². The lowest BCUT2D eigenvalue weighted by Crippen LogP contribution is -2.13. The molecule has 2 rings (SSSR count). The number of carboxylic acids is 1. The van der Waals surface area contributed by atoms with Crippen LogP contribution in [0.2, 0.25) is 5.02 Å². The van der Waals surface area contributed by atoms with Crippen LogP contribution in [0.4, 0.5) is 10.1 Å². The summed E-state index contributed by atoms with van der Waals surface area (Å²) in [5.74, 6) is -2.13. The van der Waals surface area contributed by atoms with Gasteiger partial charge in [0.15, 0.2) is 0 Å². The highest BCUT2D eigenvalue weighted by atomic mass is 35.5. The van der Waals surface area contributed by atoms with Crippen molar-refractivity contribution in [3.8, 4) is 0 Å². The lowest BCUT2D eigenvalue weighted by molar-refractivity contribution is -0.136. The quantitative estimate of drug-likeness (QED) is 0.910. The first kappa shape index (κ1) is 15.0. The molecule has 0 saturated carbocycles. The molecule has 2 aromatic rings. The molecule has 0 aliphatic carbocycles. The van der Waals surface area contributed by atoms with Crippen molar-refractivity contribution in [1.82, 2.24) is 0 Å². The molecule has 6 heteroatoms. The zero-order valence-corrected chi connectivity index (χ0v) is 11.5. The number of anilines is 1. The summed E-state index contributed by atoms with van der Waals surface area (Å²) in [4.78, 5) is 22.6. The van der Waals surface area contributed by atoms with E-state index in [1.165, 1.54) is 18.2 Å². The SMILES string of the molecule is O=C(O)Cc1ccc(NC(=O)c2cccc(F)c2Cl)cc1. The molecule has 21 heavy (non-hydrogen) atoms. The third-order valence-corrected chi connectivity index (χ3v) is 3.15. The molecule has 1 amide bonds. The fourth-order valence-electron chi connectivity index (χ4n) is 1.76. The minimum Gasteiger partial charge on any atom is -0.481 e. The first-order valence-corrected chi connectivity index (χ1v) is 6.41. The van der Waals surface area contributed by atoms with Gasteiger partial charge in [-0.25, -0.2) is 4.39 Å². The van der Waals surface area contributed by atoms with Gasteiger partial charge in [0, 0.05) is 5.69 Å². The van der Waals surface area contributed by atoms with Crippen molar-refractivity contribution < 1.29 is 19.1 Å². The second-order valence-electron chi connectivity index (χ2n) is 4.32. The van der Waals surface area contributed by atoms with E-state index in [0.29, 0.717) is 11.3 Å². The van der Waals surface area contributed by atoms with Gasteiger partial charge in [-0.3, -0.25) is 9.59 Å². The number of amides is 1. The van der Waals surface area contributed by atoms with Crippen LogP contribution in [0.5, 0.6) is 0 Å². The van der Waals surface area contributed by atoms with E-state index in [2.05, 4.69) is 5.32 Å². The Balaban J connectivity index is 2.12. The number of benzene rings is 2. The summed E-state index contributed by atoms with van der Waals surface area (Å²) in [6.07, 6.45) is -0.0933. The van der Waals surface area contributed by atoms with Crippen molar-refractivity contribution in [3.05, 3.63) is 64.4 Å². The van der Waals surface area contributed by atoms with E-state index < -0.39 is 17.7 Å². The molecule has 2 N–H and O–H groups in total. The molecule has 4 nitrogen and oxygen atoms in total. The number of rotatable bonds is 4. The number of carbonyl (C=O) groups excluding carboxylic acids is 1. The summed E-state index contributed by atoms with van der Waals surface area (Å²) in [5.41, 5.74) is 1.12. The predicted octanol–water partition coefficient (Wildman–Crippen LogP) is 3.36. The lowest BCUT2D eigenvalue weighted by Gasteiger charge is -2.07. The third-order valence-electron chi connectivity index (χ3n) is 2.76. The minimum absolute atomic E-state index is 0.0336. The van der Waals surface area contributed by atoms with E-state index in [1.54, 1.807) is 24.3 Å². The molecule has 0 aliphatic rings. The zero-order valence-electron chi connectivity index (χ0n) is 10.8. The molecule has 0 heterocycles. The van der Waals surface area contributed by atoms with Crippen LogP contribution >= 0.6 is 11.6 Å². The van der Waals surface area contributed by atoms with Crippen molar-refractivity contribution >= 4 is 29.2 Å². The molecule has 0 unspecified atom stereocenters. The van der Waals surface area contributed by atoms with Crippen molar-refractivity contribution in [3.63, 3.8) is 0 Å². The summed E-state index contributed by atoms with van der Waals surface area (Å²) in [7, 11) is 0. The van der Waals surface area contributed by atoms with Crippen LogP contribution in [0.15, 0.2) is 42.5 Å². The number of carboxylic acid groups (broad SMARTS) is 1. The van der Waals surface area contributed by atoms with Crippen LogP contribution in [0, 0.1) is 5.82 Å². The summed E-state index contributed by atoms with van der Waals surface area (Å²) in [6.45, 7) is 0. The Morgan fingerprint density at radius 2 is 1.81 bits per heavy atom. The average molecular weight is 308 g/mol. The Morgan fingerprint density at radius 1 is 1.14 bits per heavy atom. The van der Waals surface area contributed by atoms with Crippen molar-refractivity contribution in [2.24, 2.45) is 0 Å². The van der Waals surface area contributed by atoms with Crippen LogP contribution < -0.4 is 5.32 Å².